The summed E-state index contributed by atoms with van der Waals surface area (Å²) in [6.07, 6.45) is 6.95. The van der Waals surface area contributed by atoms with E-state index in [1.54, 1.807) is 0 Å². The van der Waals surface area contributed by atoms with Crippen LogP contribution in [0.15, 0.2) is 24.3 Å². The average molecular weight is 279 g/mol. The minimum Gasteiger partial charge on any atom is -0.494 e. The Morgan fingerprint density at radius 3 is 2.58 bits per heavy atom. The quantitative estimate of drug-likeness (QED) is 0.734. The second-order valence-electron chi connectivity index (χ2n) is 5.28. The molecule has 0 unspecified atom stereocenters. The van der Waals surface area contributed by atoms with Crippen molar-refractivity contribution in [1.29, 1.82) is 0 Å². The Bertz CT molecular complexity index is 346. The second-order valence-corrected chi connectivity index (χ2v) is 6.43. The molecular weight excluding hydrogens is 254 g/mol. The lowest BCUT2D eigenvalue weighted by Crippen LogP contribution is -2.02. The summed E-state index contributed by atoms with van der Waals surface area (Å²) in [7, 11) is 0. The molecule has 2 N–H and O–H groups in total. The standard InChI is InChI=1S/C16H25NOS/c17-12-14-6-8-16(9-7-14)18-10-3-11-19-13-15-4-1-2-5-15/h6-9,15H,1-5,10-13,17H2. The van der Waals surface area contributed by atoms with Crippen molar-refractivity contribution >= 4 is 11.8 Å². The van der Waals surface area contributed by atoms with Crippen molar-refractivity contribution in [3.8, 4) is 5.75 Å². The largest absolute Gasteiger partial charge is 0.494 e. The Kier molecular flexibility index (Phi) is 6.58. The first kappa shape index (κ1) is 14.7. The smallest absolute Gasteiger partial charge is 0.119 e. The molecule has 1 aliphatic carbocycles. The van der Waals surface area contributed by atoms with Crippen LogP contribution >= 0.6 is 11.8 Å². The molecule has 0 amide bonds. The van der Waals surface area contributed by atoms with E-state index in [0.717, 1.165) is 30.3 Å². The summed E-state index contributed by atoms with van der Waals surface area (Å²) in [6.45, 7) is 1.41. The maximum absolute atomic E-state index is 5.72. The van der Waals surface area contributed by atoms with E-state index in [2.05, 4.69) is 11.8 Å². The lowest BCUT2D eigenvalue weighted by Gasteiger charge is -2.09. The minimum absolute atomic E-state index is 0.595. The van der Waals surface area contributed by atoms with E-state index in [9.17, 15) is 0 Å². The van der Waals surface area contributed by atoms with Crippen molar-refractivity contribution in [1.82, 2.24) is 0 Å². The molecule has 106 valence electrons. The van der Waals surface area contributed by atoms with E-state index in [4.69, 9.17) is 10.5 Å². The van der Waals surface area contributed by atoms with Gasteiger partial charge >= 0.3 is 0 Å². The molecule has 0 radical (unpaired) electrons. The fraction of sp³-hybridized carbons (Fsp3) is 0.625. The molecule has 2 nitrogen and oxygen atoms in total. The summed E-state index contributed by atoms with van der Waals surface area (Å²) < 4.78 is 5.72. The van der Waals surface area contributed by atoms with E-state index in [1.165, 1.54) is 37.2 Å². The molecule has 1 aliphatic rings. The summed E-state index contributed by atoms with van der Waals surface area (Å²) >= 11 is 2.10. The van der Waals surface area contributed by atoms with Gasteiger partial charge in [-0.15, -0.1) is 0 Å². The van der Waals surface area contributed by atoms with Crippen molar-refractivity contribution in [2.45, 2.75) is 38.6 Å². The highest BCUT2D eigenvalue weighted by atomic mass is 32.2. The topological polar surface area (TPSA) is 35.2 Å². The molecule has 0 bridgehead atoms. The SMILES string of the molecule is NCc1ccc(OCCCSCC2CCCC2)cc1. The number of rotatable bonds is 8. The van der Waals surface area contributed by atoms with Gasteiger partial charge in [-0.2, -0.15) is 11.8 Å². The van der Waals surface area contributed by atoms with Crippen LogP contribution in [-0.2, 0) is 6.54 Å². The van der Waals surface area contributed by atoms with Gasteiger partial charge in [-0.25, -0.2) is 0 Å². The number of ether oxygens (including phenoxy) is 1. The van der Waals surface area contributed by atoms with Gasteiger partial charge in [0.1, 0.15) is 5.75 Å². The molecule has 2 rings (SSSR count). The third kappa shape index (κ3) is 5.45. The Morgan fingerprint density at radius 2 is 1.89 bits per heavy atom. The zero-order chi connectivity index (χ0) is 13.3. The van der Waals surface area contributed by atoms with Crippen LogP contribution in [0.25, 0.3) is 0 Å². The van der Waals surface area contributed by atoms with Crippen LogP contribution in [0.2, 0.25) is 0 Å². The summed E-state index contributed by atoms with van der Waals surface area (Å²) in [5.41, 5.74) is 6.72. The van der Waals surface area contributed by atoms with Crippen LogP contribution in [0.3, 0.4) is 0 Å². The number of benzene rings is 1. The van der Waals surface area contributed by atoms with Crippen molar-refractivity contribution in [3.05, 3.63) is 29.8 Å². The molecule has 0 spiro atoms. The lowest BCUT2D eigenvalue weighted by atomic mass is 10.1. The molecule has 1 saturated carbocycles. The monoisotopic (exact) mass is 279 g/mol. The second kappa shape index (κ2) is 8.49. The Morgan fingerprint density at radius 1 is 1.16 bits per heavy atom. The minimum atomic E-state index is 0.595. The van der Waals surface area contributed by atoms with Crippen LogP contribution in [0.5, 0.6) is 5.75 Å². The van der Waals surface area contributed by atoms with Gasteiger partial charge < -0.3 is 10.5 Å². The third-order valence-electron chi connectivity index (χ3n) is 3.69. The van der Waals surface area contributed by atoms with E-state index in [0.29, 0.717) is 6.54 Å². The molecule has 1 fully saturated rings. The van der Waals surface area contributed by atoms with E-state index in [1.807, 2.05) is 24.3 Å². The molecule has 19 heavy (non-hydrogen) atoms. The Balaban J connectivity index is 1.51. The first-order valence-electron chi connectivity index (χ1n) is 7.38. The molecule has 1 aromatic rings. The molecular formula is C16H25NOS. The number of hydrogen-bond donors (Lipinski definition) is 1. The molecule has 0 atom stereocenters. The van der Waals surface area contributed by atoms with Crippen molar-refractivity contribution < 1.29 is 4.74 Å². The lowest BCUT2D eigenvalue weighted by molar-refractivity contribution is 0.318. The molecule has 1 aromatic carbocycles. The van der Waals surface area contributed by atoms with Crippen LogP contribution in [-0.4, -0.2) is 18.1 Å². The summed E-state index contributed by atoms with van der Waals surface area (Å²) in [5.74, 6) is 4.52. The maximum atomic E-state index is 5.72. The van der Waals surface area contributed by atoms with E-state index < -0.39 is 0 Å². The fourth-order valence-corrected chi connectivity index (χ4v) is 3.66. The highest BCUT2D eigenvalue weighted by Gasteiger charge is 2.14. The zero-order valence-corrected chi connectivity index (χ0v) is 12.5. The predicted octanol–water partition coefficient (Wildman–Crippen LogP) is 3.84. The van der Waals surface area contributed by atoms with Crippen LogP contribution in [0.1, 0.15) is 37.7 Å². The Labute approximate surface area is 121 Å². The predicted molar refractivity (Wildman–Crippen MR) is 83.7 cm³/mol. The van der Waals surface area contributed by atoms with E-state index >= 15 is 0 Å². The maximum Gasteiger partial charge on any atom is 0.119 e. The third-order valence-corrected chi connectivity index (χ3v) is 4.97. The van der Waals surface area contributed by atoms with Crippen LogP contribution in [0, 0.1) is 5.92 Å². The molecule has 3 heteroatoms. The van der Waals surface area contributed by atoms with Gasteiger partial charge in [0.2, 0.25) is 0 Å². The van der Waals surface area contributed by atoms with Crippen molar-refractivity contribution in [2.75, 3.05) is 18.1 Å². The van der Waals surface area contributed by atoms with Gasteiger partial charge in [-0.3, -0.25) is 0 Å². The normalized spacial score (nSPS) is 15.8. The fourth-order valence-electron chi connectivity index (χ4n) is 2.50. The van der Waals surface area contributed by atoms with Gasteiger partial charge in [-0.05, 0) is 54.4 Å². The first-order chi connectivity index (χ1) is 9.38. The Hall–Kier alpha value is -0.670. The van der Waals surface area contributed by atoms with Crippen molar-refractivity contribution in [3.63, 3.8) is 0 Å². The first-order valence-corrected chi connectivity index (χ1v) is 8.53. The van der Waals surface area contributed by atoms with Gasteiger partial charge in [0.25, 0.3) is 0 Å². The summed E-state index contributed by atoms with van der Waals surface area (Å²) in [5, 5.41) is 0. The number of hydrogen-bond acceptors (Lipinski definition) is 3. The van der Waals surface area contributed by atoms with Gasteiger partial charge in [-0.1, -0.05) is 25.0 Å². The van der Waals surface area contributed by atoms with E-state index in [-0.39, 0.29) is 0 Å². The average Bonchev–Trinajstić information content (AvgIpc) is 2.96. The molecule has 0 heterocycles. The number of thioether (sulfide) groups is 1. The van der Waals surface area contributed by atoms with Gasteiger partial charge in [0.15, 0.2) is 0 Å². The van der Waals surface area contributed by atoms with Gasteiger partial charge in [0.05, 0.1) is 6.61 Å². The highest BCUT2D eigenvalue weighted by molar-refractivity contribution is 7.99. The van der Waals surface area contributed by atoms with Crippen LogP contribution < -0.4 is 10.5 Å². The van der Waals surface area contributed by atoms with Crippen LogP contribution in [0.4, 0.5) is 0 Å². The highest BCUT2D eigenvalue weighted by Crippen LogP contribution is 2.27. The summed E-state index contributed by atoms with van der Waals surface area (Å²) in [4.78, 5) is 0. The van der Waals surface area contributed by atoms with Gasteiger partial charge in [0, 0.05) is 6.54 Å². The van der Waals surface area contributed by atoms with Crippen molar-refractivity contribution in [2.24, 2.45) is 11.7 Å². The molecule has 0 saturated heterocycles. The molecule has 0 aromatic heterocycles. The zero-order valence-electron chi connectivity index (χ0n) is 11.6. The summed E-state index contributed by atoms with van der Waals surface area (Å²) in [6, 6.07) is 8.08. The molecule has 0 aliphatic heterocycles. The number of nitrogens with two attached hydrogens (primary N) is 1.